The summed E-state index contributed by atoms with van der Waals surface area (Å²) < 4.78 is 32.9. The quantitative estimate of drug-likeness (QED) is 0.651. The summed E-state index contributed by atoms with van der Waals surface area (Å²) in [6.45, 7) is 4.66. The number of aromatic nitrogens is 2. The molecule has 144 valence electrons. The average molecular weight is 398 g/mol. The first-order chi connectivity index (χ1) is 12.5. The molecule has 0 bridgehead atoms. The minimum Gasteiger partial charge on any atom is -0.376 e. The normalized spacial score (nSPS) is 18.0. The zero-order chi connectivity index (χ0) is 18.6. The van der Waals surface area contributed by atoms with Crippen molar-refractivity contribution >= 4 is 21.2 Å². The molecule has 0 aromatic carbocycles. The SMILES string of the molecule is CCCS(=O)(=O)c1ncc(CN(C)Cc2ccsc2)n1C[C@H]1CCCO1. The Bertz CT molecular complexity index is 794. The third kappa shape index (κ3) is 4.73. The van der Waals surface area contributed by atoms with Gasteiger partial charge >= 0.3 is 0 Å². The Balaban J connectivity index is 1.82. The molecule has 0 aliphatic carbocycles. The molecule has 6 nitrogen and oxygen atoms in total. The van der Waals surface area contributed by atoms with Crippen LogP contribution < -0.4 is 0 Å². The zero-order valence-corrected chi connectivity index (χ0v) is 17.1. The summed E-state index contributed by atoms with van der Waals surface area (Å²) in [6, 6.07) is 2.11. The van der Waals surface area contributed by atoms with Gasteiger partial charge < -0.3 is 9.30 Å². The molecule has 2 aromatic rings. The van der Waals surface area contributed by atoms with Gasteiger partial charge in [0, 0.05) is 19.7 Å². The number of ether oxygens (including phenoxy) is 1. The molecule has 0 unspecified atom stereocenters. The third-order valence-corrected chi connectivity index (χ3v) is 7.09. The fourth-order valence-corrected chi connectivity index (χ4v) is 5.46. The van der Waals surface area contributed by atoms with Crippen molar-refractivity contribution in [2.75, 3.05) is 19.4 Å². The van der Waals surface area contributed by atoms with Gasteiger partial charge in [-0.25, -0.2) is 13.4 Å². The Labute approximate surface area is 159 Å². The second-order valence-corrected chi connectivity index (χ2v) is 9.68. The molecule has 0 radical (unpaired) electrons. The number of imidazole rings is 1. The first-order valence-electron chi connectivity index (χ1n) is 9.08. The molecule has 8 heteroatoms. The summed E-state index contributed by atoms with van der Waals surface area (Å²) in [7, 11) is -1.33. The summed E-state index contributed by atoms with van der Waals surface area (Å²) in [5.74, 6) is 0.125. The highest BCUT2D eigenvalue weighted by Gasteiger charge is 2.26. The van der Waals surface area contributed by atoms with Crippen LogP contribution in [0.3, 0.4) is 0 Å². The van der Waals surface area contributed by atoms with Crippen molar-refractivity contribution in [2.45, 2.75) is 57.1 Å². The number of rotatable bonds is 9. The first-order valence-corrected chi connectivity index (χ1v) is 11.7. The summed E-state index contributed by atoms with van der Waals surface area (Å²) in [4.78, 5) is 6.48. The fraction of sp³-hybridized carbons (Fsp3) is 0.611. The Kier molecular flexibility index (Phi) is 6.50. The molecule has 1 atom stereocenters. The molecule has 1 aliphatic heterocycles. The maximum atomic E-state index is 12.6. The Morgan fingerprint density at radius 2 is 2.27 bits per heavy atom. The maximum Gasteiger partial charge on any atom is 0.227 e. The molecule has 0 N–H and O–H groups in total. The van der Waals surface area contributed by atoms with Crippen molar-refractivity contribution in [3.8, 4) is 0 Å². The molecule has 26 heavy (non-hydrogen) atoms. The minimum absolute atomic E-state index is 0.0701. The molecule has 3 rings (SSSR count). The van der Waals surface area contributed by atoms with Crippen LogP contribution in [0.15, 0.2) is 28.2 Å². The topological polar surface area (TPSA) is 64.4 Å². The minimum atomic E-state index is -3.37. The summed E-state index contributed by atoms with van der Waals surface area (Å²) >= 11 is 1.69. The molecular formula is C18H27N3O3S2. The van der Waals surface area contributed by atoms with Gasteiger partial charge in [-0.15, -0.1) is 0 Å². The molecule has 3 heterocycles. The number of sulfone groups is 1. The smallest absolute Gasteiger partial charge is 0.227 e. The Hall–Kier alpha value is -1.22. The van der Waals surface area contributed by atoms with Crippen molar-refractivity contribution in [3.05, 3.63) is 34.3 Å². The standard InChI is InChI=1S/C18H27N3O3S2/c1-3-9-26(22,23)18-19-10-16(21(18)13-17-5-4-7-24-17)12-20(2)11-15-6-8-25-14-15/h6,8,10,14,17H,3-5,7,9,11-13H2,1-2H3/t17-/m1/s1. The van der Waals surface area contributed by atoms with Crippen LogP contribution in [0, 0.1) is 0 Å². The van der Waals surface area contributed by atoms with Crippen LogP contribution in [0.4, 0.5) is 0 Å². The summed E-state index contributed by atoms with van der Waals surface area (Å²) in [5, 5.41) is 4.39. The lowest BCUT2D eigenvalue weighted by atomic mass is 10.2. The average Bonchev–Trinajstić information content (AvgIpc) is 3.31. The van der Waals surface area contributed by atoms with Crippen LogP contribution in [0.2, 0.25) is 0 Å². The molecule has 1 fully saturated rings. The third-order valence-electron chi connectivity index (χ3n) is 4.53. The van der Waals surface area contributed by atoms with E-state index in [0.717, 1.165) is 31.7 Å². The van der Waals surface area contributed by atoms with Gasteiger partial charge in [-0.3, -0.25) is 4.90 Å². The molecule has 0 spiro atoms. The largest absolute Gasteiger partial charge is 0.376 e. The van der Waals surface area contributed by atoms with Crippen LogP contribution in [-0.2, 0) is 34.2 Å². The van der Waals surface area contributed by atoms with Gasteiger partial charge in [0.15, 0.2) is 0 Å². The van der Waals surface area contributed by atoms with Crippen molar-refractivity contribution in [1.29, 1.82) is 0 Å². The van der Waals surface area contributed by atoms with Crippen LogP contribution in [0.1, 0.15) is 37.4 Å². The van der Waals surface area contributed by atoms with E-state index in [1.54, 1.807) is 17.5 Å². The van der Waals surface area contributed by atoms with Crippen molar-refractivity contribution < 1.29 is 13.2 Å². The van der Waals surface area contributed by atoms with Crippen molar-refractivity contribution in [1.82, 2.24) is 14.5 Å². The molecule has 0 amide bonds. The predicted molar refractivity (Wildman–Crippen MR) is 103 cm³/mol. The summed E-state index contributed by atoms with van der Waals surface area (Å²) in [6.07, 6.45) is 4.37. The van der Waals surface area contributed by atoms with Gasteiger partial charge in [0.2, 0.25) is 15.0 Å². The van der Waals surface area contributed by atoms with Gasteiger partial charge in [-0.05, 0) is 48.7 Å². The molecule has 1 aliphatic rings. The summed E-state index contributed by atoms with van der Waals surface area (Å²) in [5.41, 5.74) is 2.19. The molecular weight excluding hydrogens is 370 g/mol. The number of hydrogen-bond donors (Lipinski definition) is 0. The second kappa shape index (κ2) is 8.65. The number of nitrogens with zero attached hydrogens (tertiary/aromatic N) is 3. The van der Waals surface area contributed by atoms with E-state index in [2.05, 4.69) is 26.7 Å². The fourth-order valence-electron chi connectivity index (χ4n) is 3.34. The van der Waals surface area contributed by atoms with Gasteiger partial charge in [0.1, 0.15) is 0 Å². The predicted octanol–water partition coefficient (Wildman–Crippen LogP) is 2.94. The van der Waals surface area contributed by atoms with E-state index >= 15 is 0 Å². The Morgan fingerprint density at radius 1 is 1.42 bits per heavy atom. The first kappa shape index (κ1) is 19.5. The lowest BCUT2D eigenvalue weighted by Crippen LogP contribution is -2.25. The van der Waals surface area contributed by atoms with Gasteiger partial charge in [-0.2, -0.15) is 11.3 Å². The van der Waals surface area contributed by atoms with Gasteiger partial charge in [0.05, 0.1) is 30.3 Å². The van der Waals surface area contributed by atoms with E-state index in [1.807, 2.05) is 18.5 Å². The van der Waals surface area contributed by atoms with Crippen LogP contribution in [0.5, 0.6) is 0 Å². The van der Waals surface area contributed by atoms with Gasteiger partial charge in [0.25, 0.3) is 0 Å². The number of hydrogen-bond acceptors (Lipinski definition) is 6. The maximum absolute atomic E-state index is 12.6. The lowest BCUT2D eigenvalue weighted by Gasteiger charge is -2.20. The molecule has 0 saturated carbocycles. The highest BCUT2D eigenvalue weighted by atomic mass is 32.2. The molecule has 1 saturated heterocycles. The van der Waals surface area contributed by atoms with Crippen LogP contribution in [-0.4, -0.2) is 48.4 Å². The van der Waals surface area contributed by atoms with E-state index in [9.17, 15) is 8.42 Å². The Morgan fingerprint density at radius 3 is 2.92 bits per heavy atom. The van der Waals surface area contributed by atoms with E-state index in [1.165, 1.54) is 5.56 Å². The second-order valence-electron chi connectivity index (χ2n) is 6.90. The van der Waals surface area contributed by atoms with E-state index in [-0.39, 0.29) is 17.0 Å². The van der Waals surface area contributed by atoms with E-state index in [4.69, 9.17) is 4.74 Å². The van der Waals surface area contributed by atoms with E-state index < -0.39 is 9.84 Å². The van der Waals surface area contributed by atoms with Crippen molar-refractivity contribution in [3.63, 3.8) is 0 Å². The molecule has 2 aromatic heterocycles. The highest BCUT2D eigenvalue weighted by Crippen LogP contribution is 2.21. The van der Waals surface area contributed by atoms with Crippen molar-refractivity contribution in [2.24, 2.45) is 0 Å². The zero-order valence-electron chi connectivity index (χ0n) is 15.4. The van der Waals surface area contributed by atoms with Crippen LogP contribution in [0.25, 0.3) is 0 Å². The number of thiophene rings is 1. The van der Waals surface area contributed by atoms with Gasteiger partial charge in [-0.1, -0.05) is 6.92 Å². The highest BCUT2D eigenvalue weighted by molar-refractivity contribution is 7.91. The monoisotopic (exact) mass is 397 g/mol. The lowest BCUT2D eigenvalue weighted by molar-refractivity contribution is 0.0934. The van der Waals surface area contributed by atoms with E-state index in [0.29, 0.717) is 19.5 Å². The van der Waals surface area contributed by atoms with Crippen LogP contribution >= 0.6 is 11.3 Å².